The Morgan fingerprint density at radius 1 is 0.909 bits per heavy atom. The van der Waals surface area contributed by atoms with Crippen LogP contribution in [0.25, 0.3) is 11.4 Å². The number of hydrogen-bond donors (Lipinski definition) is 0. The molecule has 0 radical (unpaired) electrons. The molecule has 0 fully saturated rings. The topological polar surface area (TPSA) is 43.1 Å². The van der Waals surface area contributed by atoms with Gasteiger partial charge in [-0.15, -0.1) is 10.2 Å². The maximum Gasteiger partial charge on any atom is 0.212 e. The third kappa shape index (κ3) is 2.33. The molecule has 1 aliphatic heterocycles. The summed E-state index contributed by atoms with van der Waals surface area (Å²) >= 11 is 1.67. The number of fused-ring (bicyclic) bond motifs is 1. The van der Waals surface area contributed by atoms with Crippen molar-refractivity contribution < 1.29 is 0 Å². The van der Waals surface area contributed by atoms with Gasteiger partial charge in [0, 0.05) is 11.3 Å². The van der Waals surface area contributed by atoms with Crippen LogP contribution in [0.4, 0.5) is 0 Å². The Hall–Kier alpha value is -2.40. The van der Waals surface area contributed by atoms with Crippen molar-refractivity contribution in [3.63, 3.8) is 0 Å². The van der Waals surface area contributed by atoms with Crippen molar-refractivity contribution in [1.29, 1.82) is 0 Å². The minimum absolute atomic E-state index is 0.785. The third-order valence-corrected chi connectivity index (χ3v) is 4.52. The average Bonchev–Trinajstić information content (AvgIpc) is 2.99. The predicted octanol–water partition coefficient (Wildman–Crippen LogP) is 3.61. The second-order valence-corrected chi connectivity index (χ2v) is 6.13. The number of benzene rings is 2. The first-order valence-corrected chi connectivity index (χ1v) is 8.08. The lowest BCUT2D eigenvalue weighted by atomic mass is 10.1. The monoisotopic (exact) mass is 306 g/mol. The number of nitrogens with zero attached hydrogens (tertiary/aromatic N) is 4. The van der Waals surface area contributed by atoms with Crippen molar-refractivity contribution in [2.75, 3.05) is 5.75 Å². The van der Waals surface area contributed by atoms with Crippen molar-refractivity contribution in [3.8, 4) is 11.4 Å². The van der Waals surface area contributed by atoms with Crippen LogP contribution in [-0.2, 0) is 0 Å². The minimum atomic E-state index is 0.785. The first kappa shape index (κ1) is 13.3. The number of aryl methyl sites for hydroxylation is 1. The number of aromatic nitrogens is 3. The van der Waals surface area contributed by atoms with Crippen molar-refractivity contribution in [1.82, 2.24) is 14.9 Å². The minimum Gasteiger partial charge on any atom is -0.187 e. The highest BCUT2D eigenvalue weighted by molar-refractivity contribution is 7.99. The van der Waals surface area contributed by atoms with Gasteiger partial charge in [0.25, 0.3) is 0 Å². The van der Waals surface area contributed by atoms with Crippen molar-refractivity contribution >= 4 is 17.5 Å². The molecule has 5 heteroatoms. The molecular formula is C17H14N4S. The van der Waals surface area contributed by atoms with Gasteiger partial charge in [-0.25, -0.2) is 0 Å². The summed E-state index contributed by atoms with van der Waals surface area (Å²) in [4.78, 5) is 0. The molecule has 4 rings (SSSR count). The highest BCUT2D eigenvalue weighted by atomic mass is 32.2. The summed E-state index contributed by atoms with van der Waals surface area (Å²) < 4.78 is 1.85. The Labute approximate surface area is 132 Å². The molecule has 0 N–H and O–H groups in total. The number of rotatable bonds is 2. The second-order valence-electron chi connectivity index (χ2n) is 5.19. The first-order valence-electron chi connectivity index (χ1n) is 7.10. The van der Waals surface area contributed by atoms with Crippen LogP contribution in [-0.4, -0.2) is 26.3 Å². The summed E-state index contributed by atoms with van der Waals surface area (Å²) in [6.45, 7) is 2.09. The van der Waals surface area contributed by atoms with Gasteiger partial charge >= 0.3 is 0 Å². The zero-order valence-corrected chi connectivity index (χ0v) is 12.9. The molecule has 4 nitrogen and oxygen atoms in total. The van der Waals surface area contributed by atoms with E-state index in [1.165, 1.54) is 5.56 Å². The predicted molar refractivity (Wildman–Crippen MR) is 89.3 cm³/mol. The maximum absolute atomic E-state index is 4.77. The fourth-order valence-corrected chi connectivity index (χ4v) is 3.22. The van der Waals surface area contributed by atoms with Gasteiger partial charge in [-0.05, 0) is 12.5 Å². The molecule has 0 amide bonds. The van der Waals surface area contributed by atoms with Crippen LogP contribution in [0.5, 0.6) is 0 Å². The molecule has 108 valence electrons. The SMILES string of the molecule is Cc1ccc(C2=Nn3c(nnc3-c3ccccc3)SC2)cc1. The molecule has 0 aliphatic carbocycles. The van der Waals surface area contributed by atoms with Gasteiger partial charge in [0.2, 0.25) is 5.16 Å². The lowest BCUT2D eigenvalue weighted by Crippen LogP contribution is -2.13. The Balaban J connectivity index is 1.79. The van der Waals surface area contributed by atoms with E-state index in [1.54, 1.807) is 11.8 Å². The molecule has 3 aromatic rings. The van der Waals surface area contributed by atoms with E-state index in [4.69, 9.17) is 5.10 Å². The Morgan fingerprint density at radius 3 is 2.45 bits per heavy atom. The molecule has 1 aliphatic rings. The van der Waals surface area contributed by atoms with E-state index in [2.05, 4.69) is 41.4 Å². The van der Waals surface area contributed by atoms with Crippen molar-refractivity contribution in [3.05, 3.63) is 65.7 Å². The summed E-state index contributed by atoms with van der Waals surface area (Å²) in [7, 11) is 0. The van der Waals surface area contributed by atoms with Gasteiger partial charge in [-0.1, -0.05) is 71.9 Å². The summed E-state index contributed by atoms with van der Waals surface area (Å²) in [6.07, 6.45) is 0. The molecular weight excluding hydrogens is 292 g/mol. The fraction of sp³-hybridized carbons (Fsp3) is 0.118. The van der Waals surface area contributed by atoms with E-state index in [9.17, 15) is 0 Å². The molecule has 2 heterocycles. The normalized spacial score (nSPS) is 13.6. The number of hydrogen-bond acceptors (Lipinski definition) is 4. The van der Waals surface area contributed by atoms with E-state index in [-0.39, 0.29) is 0 Å². The molecule has 22 heavy (non-hydrogen) atoms. The second kappa shape index (κ2) is 5.42. The zero-order chi connectivity index (χ0) is 14.9. The molecule has 1 aromatic heterocycles. The first-order chi connectivity index (χ1) is 10.8. The highest BCUT2D eigenvalue weighted by Gasteiger charge is 2.20. The average molecular weight is 306 g/mol. The lowest BCUT2D eigenvalue weighted by Gasteiger charge is -2.14. The molecule has 0 saturated carbocycles. The maximum atomic E-state index is 4.77. The summed E-state index contributed by atoms with van der Waals surface area (Å²) in [5.74, 6) is 1.60. The summed E-state index contributed by atoms with van der Waals surface area (Å²) in [6, 6.07) is 18.5. The van der Waals surface area contributed by atoms with Gasteiger partial charge in [0.05, 0.1) is 5.71 Å². The summed E-state index contributed by atoms with van der Waals surface area (Å²) in [5.41, 5.74) is 4.48. The van der Waals surface area contributed by atoms with E-state index < -0.39 is 0 Å². The molecule has 2 aromatic carbocycles. The van der Waals surface area contributed by atoms with Crippen LogP contribution < -0.4 is 0 Å². The van der Waals surface area contributed by atoms with Crippen LogP contribution in [0.15, 0.2) is 64.9 Å². The standard InChI is InChI=1S/C17H14N4S/c1-12-7-9-13(10-8-12)15-11-22-17-19-18-16(21(17)20-15)14-5-3-2-4-6-14/h2-10H,11H2,1H3. The van der Waals surface area contributed by atoms with E-state index in [0.717, 1.165) is 33.6 Å². The number of thioether (sulfide) groups is 1. The molecule has 0 atom stereocenters. The highest BCUT2D eigenvalue weighted by Crippen LogP contribution is 2.28. The van der Waals surface area contributed by atoms with E-state index >= 15 is 0 Å². The molecule has 0 bridgehead atoms. The Morgan fingerprint density at radius 2 is 1.68 bits per heavy atom. The smallest absolute Gasteiger partial charge is 0.187 e. The fourth-order valence-electron chi connectivity index (χ4n) is 2.38. The zero-order valence-electron chi connectivity index (χ0n) is 12.1. The molecule has 0 spiro atoms. The van der Waals surface area contributed by atoms with E-state index in [0.29, 0.717) is 0 Å². The van der Waals surface area contributed by atoms with Gasteiger partial charge < -0.3 is 0 Å². The van der Waals surface area contributed by atoms with Crippen LogP contribution in [0.3, 0.4) is 0 Å². The van der Waals surface area contributed by atoms with Gasteiger partial charge in [0.1, 0.15) is 0 Å². The van der Waals surface area contributed by atoms with E-state index in [1.807, 2.05) is 35.0 Å². The Bertz CT molecular complexity index is 835. The van der Waals surface area contributed by atoms with Crippen LogP contribution >= 0.6 is 11.8 Å². The van der Waals surface area contributed by atoms with Gasteiger partial charge in [-0.3, -0.25) is 0 Å². The van der Waals surface area contributed by atoms with Gasteiger partial charge in [0.15, 0.2) is 5.82 Å². The third-order valence-electron chi connectivity index (χ3n) is 3.59. The largest absolute Gasteiger partial charge is 0.212 e. The molecule has 0 unspecified atom stereocenters. The van der Waals surface area contributed by atoms with Gasteiger partial charge in [-0.2, -0.15) is 9.78 Å². The summed E-state index contributed by atoms with van der Waals surface area (Å²) in [5, 5.41) is 14.2. The van der Waals surface area contributed by atoms with Crippen molar-refractivity contribution in [2.45, 2.75) is 12.1 Å². The Kier molecular flexibility index (Phi) is 3.27. The van der Waals surface area contributed by atoms with Crippen molar-refractivity contribution in [2.24, 2.45) is 5.10 Å². The van der Waals surface area contributed by atoms with Crippen LogP contribution in [0, 0.1) is 6.92 Å². The lowest BCUT2D eigenvalue weighted by molar-refractivity contribution is 0.762. The quantitative estimate of drug-likeness (QED) is 0.726. The van der Waals surface area contributed by atoms with Crippen LogP contribution in [0.1, 0.15) is 11.1 Å². The van der Waals surface area contributed by atoms with Crippen LogP contribution in [0.2, 0.25) is 0 Å². The molecule has 0 saturated heterocycles.